The topological polar surface area (TPSA) is 49.2 Å². The Morgan fingerprint density at radius 3 is 2.63 bits per heavy atom. The Morgan fingerprint density at radius 1 is 1.32 bits per heavy atom. The SMILES string of the molecule is CCc1nc(N(C)CCc2ccncc2)sc1CO. The van der Waals surface area contributed by atoms with Gasteiger partial charge in [0.15, 0.2) is 5.13 Å². The Labute approximate surface area is 117 Å². The summed E-state index contributed by atoms with van der Waals surface area (Å²) in [7, 11) is 2.04. The Hall–Kier alpha value is -1.46. The Bertz CT molecular complexity index is 491. The number of pyridine rings is 1. The van der Waals surface area contributed by atoms with Gasteiger partial charge in [-0.05, 0) is 30.5 Å². The van der Waals surface area contributed by atoms with E-state index in [1.54, 1.807) is 11.3 Å². The highest BCUT2D eigenvalue weighted by atomic mass is 32.1. The molecule has 0 bridgehead atoms. The number of anilines is 1. The van der Waals surface area contributed by atoms with Crippen molar-refractivity contribution in [1.82, 2.24) is 9.97 Å². The minimum atomic E-state index is 0.0824. The number of nitrogens with zero attached hydrogens (tertiary/aromatic N) is 3. The fraction of sp³-hybridized carbons (Fsp3) is 0.429. The van der Waals surface area contributed by atoms with E-state index in [9.17, 15) is 5.11 Å². The molecule has 0 saturated heterocycles. The predicted molar refractivity (Wildman–Crippen MR) is 78.6 cm³/mol. The van der Waals surface area contributed by atoms with Crippen LogP contribution in [0, 0.1) is 0 Å². The molecule has 0 unspecified atom stereocenters. The van der Waals surface area contributed by atoms with Crippen molar-refractivity contribution in [2.24, 2.45) is 0 Å². The molecule has 0 spiro atoms. The van der Waals surface area contributed by atoms with Crippen molar-refractivity contribution >= 4 is 16.5 Å². The first-order valence-corrected chi connectivity index (χ1v) is 7.25. The van der Waals surface area contributed by atoms with Crippen molar-refractivity contribution < 1.29 is 5.11 Å². The molecular formula is C14H19N3OS. The van der Waals surface area contributed by atoms with E-state index in [4.69, 9.17) is 0 Å². The standard InChI is InChI=1S/C14H19N3OS/c1-3-12-13(10-18)19-14(16-12)17(2)9-6-11-4-7-15-8-5-11/h4-5,7-8,18H,3,6,9-10H2,1-2H3. The van der Waals surface area contributed by atoms with Gasteiger partial charge in [0.1, 0.15) is 0 Å². The summed E-state index contributed by atoms with van der Waals surface area (Å²) in [5, 5.41) is 10.3. The highest BCUT2D eigenvalue weighted by Gasteiger charge is 2.12. The normalized spacial score (nSPS) is 10.7. The molecule has 0 aliphatic heterocycles. The number of aromatic nitrogens is 2. The molecule has 0 atom stereocenters. The second-order valence-electron chi connectivity index (χ2n) is 4.40. The number of aliphatic hydroxyl groups excluding tert-OH is 1. The van der Waals surface area contributed by atoms with Crippen LogP contribution < -0.4 is 4.90 Å². The molecule has 0 aromatic carbocycles. The van der Waals surface area contributed by atoms with E-state index in [1.165, 1.54) is 5.56 Å². The van der Waals surface area contributed by atoms with Gasteiger partial charge in [-0.1, -0.05) is 18.3 Å². The van der Waals surface area contributed by atoms with Crippen LogP contribution in [0.4, 0.5) is 5.13 Å². The zero-order valence-corrected chi connectivity index (χ0v) is 12.2. The average molecular weight is 277 g/mol. The molecule has 4 nitrogen and oxygen atoms in total. The van der Waals surface area contributed by atoms with Crippen LogP contribution in [0.15, 0.2) is 24.5 Å². The molecule has 0 fully saturated rings. The number of aliphatic hydroxyl groups is 1. The lowest BCUT2D eigenvalue weighted by Gasteiger charge is -2.15. The molecule has 0 amide bonds. The van der Waals surface area contributed by atoms with Crippen molar-refractivity contribution in [3.05, 3.63) is 40.7 Å². The minimum Gasteiger partial charge on any atom is -0.391 e. The van der Waals surface area contributed by atoms with Crippen molar-refractivity contribution in [1.29, 1.82) is 0 Å². The molecule has 0 aliphatic rings. The molecule has 2 aromatic heterocycles. The maximum absolute atomic E-state index is 9.30. The molecule has 0 saturated carbocycles. The first-order chi connectivity index (χ1) is 9.24. The van der Waals surface area contributed by atoms with Gasteiger partial charge >= 0.3 is 0 Å². The van der Waals surface area contributed by atoms with E-state index in [0.29, 0.717) is 0 Å². The number of hydrogen-bond acceptors (Lipinski definition) is 5. The number of likely N-dealkylation sites (N-methyl/N-ethyl adjacent to an activating group) is 1. The fourth-order valence-electron chi connectivity index (χ4n) is 1.87. The lowest BCUT2D eigenvalue weighted by Crippen LogP contribution is -2.20. The smallest absolute Gasteiger partial charge is 0.185 e. The van der Waals surface area contributed by atoms with Crippen LogP contribution in [-0.4, -0.2) is 28.7 Å². The first-order valence-electron chi connectivity index (χ1n) is 6.44. The van der Waals surface area contributed by atoms with Crippen LogP contribution in [0.3, 0.4) is 0 Å². The van der Waals surface area contributed by atoms with E-state index in [-0.39, 0.29) is 6.61 Å². The van der Waals surface area contributed by atoms with Gasteiger partial charge in [0.05, 0.1) is 17.2 Å². The monoisotopic (exact) mass is 277 g/mol. The fourth-order valence-corrected chi connectivity index (χ4v) is 2.87. The summed E-state index contributed by atoms with van der Waals surface area (Å²) in [6, 6.07) is 4.07. The van der Waals surface area contributed by atoms with Crippen LogP contribution in [0.1, 0.15) is 23.1 Å². The molecule has 0 radical (unpaired) electrons. The van der Waals surface area contributed by atoms with Gasteiger partial charge in [-0.15, -0.1) is 0 Å². The Balaban J connectivity index is 1.99. The van der Waals surface area contributed by atoms with Gasteiger partial charge < -0.3 is 10.0 Å². The summed E-state index contributed by atoms with van der Waals surface area (Å²) in [6.07, 6.45) is 5.47. The third-order valence-corrected chi connectivity index (χ3v) is 4.25. The maximum atomic E-state index is 9.30. The maximum Gasteiger partial charge on any atom is 0.185 e. The second kappa shape index (κ2) is 6.63. The van der Waals surface area contributed by atoms with Gasteiger partial charge in [-0.2, -0.15) is 0 Å². The van der Waals surface area contributed by atoms with E-state index in [0.717, 1.165) is 35.1 Å². The first kappa shape index (κ1) is 14.0. The summed E-state index contributed by atoms with van der Waals surface area (Å²) in [4.78, 5) is 11.7. The highest BCUT2D eigenvalue weighted by Crippen LogP contribution is 2.26. The Morgan fingerprint density at radius 2 is 2.05 bits per heavy atom. The van der Waals surface area contributed by atoms with Gasteiger partial charge in [0.2, 0.25) is 0 Å². The molecular weight excluding hydrogens is 258 g/mol. The van der Waals surface area contributed by atoms with Crippen LogP contribution in [0.5, 0.6) is 0 Å². The van der Waals surface area contributed by atoms with E-state index in [2.05, 4.69) is 21.8 Å². The lowest BCUT2D eigenvalue weighted by molar-refractivity contribution is 0.284. The summed E-state index contributed by atoms with van der Waals surface area (Å²) in [5.74, 6) is 0. The minimum absolute atomic E-state index is 0.0824. The highest BCUT2D eigenvalue weighted by molar-refractivity contribution is 7.15. The molecule has 2 aromatic rings. The van der Waals surface area contributed by atoms with Crippen molar-refractivity contribution in [2.45, 2.75) is 26.4 Å². The number of rotatable bonds is 6. The van der Waals surface area contributed by atoms with Crippen molar-refractivity contribution in [3.63, 3.8) is 0 Å². The molecule has 1 N–H and O–H groups in total. The van der Waals surface area contributed by atoms with Gasteiger partial charge in [0.25, 0.3) is 0 Å². The predicted octanol–water partition coefficient (Wildman–Crippen LogP) is 2.27. The van der Waals surface area contributed by atoms with E-state index < -0.39 is 0 Å². The summed E-state index contributed by atoms with van der Waals surface area (Å²) in [5.41, 5.74) is 2.29. The van der Waals surface area contributed by atoms with E-state index in [1.807, 2.05) is 31.6 Å². The molecule has 2 heterocycles. The molecule has 19 heavy (non-hydrogen) atoms. The van der Waals surface area contributed by atoms with Crippen molar-refractivity contribution in [3.8, 4) is 0 Å². The van der Waals surface area contributed by atoms with Crippen LogP contribution >= 0.6 is 11.3 Å². The van der Waals surface area contributed by atoms with Gasteiger partial charge in [0, 0.05) is 26.0 Å². The van der Waals surface area contributed by atoms with E-state index >= 15 is 0 Å². The molecule has 0 aliphatic carbocycles. The Kier molecular flexibility index (Phi) is 4.87. The van der Waals surface area contributed by atoms with Crippen LogP contribution in [0.25, 0.3) is 0 Å². The number of thiazole rings is 1. The largest absolute Gasteiger partial charge is 0.391 e. The second-order valence-corrected chi connectivity index (χ2v) is 5.47. The third-order valence-electron chi connectivity index (χ3n) is 3.06. The number of hydrogen-bond donors (Lipinski definition) is 1. The molecule has 2 rings (SSSR count). The third kappa shape index (κ3) is 3.52. The van der Waals surface area contributed by atoms with Gasteiger partial charge in [-0.3, -0.25) is 4.98 Å². The molecule has 5 heteroatoms. The summed E-state index contributed by atoms with van der Waals surface area (Å²) in [6.45, 7) is 3.06. The number of aryl methyl sites for hydroxylation is 1. The summed E-state index contributed by atoms with van der Waals surface area (Å²) >= 11 is 1.58. The zero-order valence-electron chi connectivity index (χ0n) is 11.3. The lowest BCUT2D eigenvalue weighted by atomic mass is 10.2. The summed E-state index contributed by atoms with van der Waals surface area (Å²) < 4.78 is 0. The average Bonchev–Trinajstić information content (AvgIpc) is 2.89. The van der Waals surface area contributed by atoms with Crippen LogP contribution in [0.2, 0.25) is 0 Å². The van der Waals surface area contributed by atoms with Gasteiger partial charge in [-0.25, -0.2) is 4.98 Å². The van der Waals surface area contributed by atoms with Crippen LogP contribution in [-0.2, 0) is 19.4 Å². The molecule has 102 valence electrons. The quantitative estimate of drug-likeness (QED) is 0.880. The zero-order chi connectivity index (χ0) is 13.7. The van der Waals surface area contributed by atoms with Crippen molar-refractivity contribution in [2.75, 3.05) is 18.5 Å².